The fourth-order valence-electron chi connectivity index (χ4n) is 3.22. The Kier molecular flexibility index (Phi) is 4.06. The summed E-state index contributed by atoms with van der Waals surface area (Å²) in [6.07, 6.45) is 5.56. The number of ketones is 1. The number of nitrogens with one attached hydrogen (secondary N) is 2. The van der Waals surface area contributed by atoms with Crippen molar-refractivity contribution in [2.75, 3.05) is 5.32 Å². The Labute approximate surface area is 169 Å². The van der Waals surface area contributed by atoms with E-state index in [1.54, 1.807) is 29.8 Å². The van der Waals surface area contributed by atoms with Gasteiger partial charge in [-0.3, -0.25) is 19.7 Å². The van der Waals surface area contributed by atoms with Crippen molar-refractivity contribution in [3.05, 3.63) is 40.4 Å². The smallest absolute Gasteiger partial charge is 0.254 e. The molecule has 2 N–H and O–H groups in total. The molecule has 29 heavy (non-hydrogen) atoms. The maximum Gasteiger partial charge on any atom is 0.254 e. The van der Waals surface area contributed by atoms with E-state index in [2.05, 4.69) is 15.7 Å². The molecule has 0 radical (unpaired) electrons. The molecule has 9 heteroatoms. The summed E-state index contributed by atoms with van der Waals surface area (Å²) < 4.78 is 1.71. The first-order valence-electron chi connectivity index (χ1n) is 9.29. The summed E-state index contributed by atoms with van der Waals surface area (Å²) in [7, 11) is 0. The van der Waals surface area contributed by atoms with E-state index in [-0.39, 0.29) is 24.0 Å². The van der Waals surface area contributed by atoms with Crippen molar-refractivity contribution in [3.8, 4) is 10.6 Å². The summed E-state index contributed by atoms with van der Waals surface area (Å²) in [5, 5.41) is 10.2. The Bertz CT molecular complexity index is 1220. The zero-order valence-electron chi connectivity index (χ0n) is 15.6. The van der Waals surface area contributed by atoms with Crippen LogP contribution in [-0.2, 0) is 9.59 Å². The van der Waals surface area contributed by atoms with Crippen molar-refractivity contribution in [1.29, 1.82) is 0 Å². The first kappa shape index (κ1) is 17.7. The molecule has 2 fully saturated rings. The third-order valence-electron chi connectivity index (χ3n) is 4.86. The number of Topliss-reactive ketones (excluding diaryl/α,β-unsaturated/α-hetero) is 1. The van der Waals surface area contributed by atoms with Crippen LogP contribution in [0.3, 0.4) is 0 Å². The lowest BCUT2D eigenvalue weighted by molar-refractivity contribution is -0.124. The van der Waals surface area contributed by atoms with E-state index >= 15 is 0 Å². The standard InChI is InChI=1S/C20H17N5O3S/c1-10(26)15-4-5-16(29-15)14-8-17(22-13-2-3-13)25-19(23-14)12(9-21-25)6-11-7-18(27)24-20(11)28/h4-6,8-9,13,22H,2-3,7H2,1H3,(H,24,27,28)/b11-6+. The number of aromatic nitrogens is 3. The molecule has 3 aromatic heterocycles. The SMILES string of the molecule is CC(=O)c1ccc(-c2cc(NC3CC3)n3ncc(/C=C4\CC(=O)NC4=O)c3n2)s1. The molecule has 1 saturated carbocycles. The van der Waals surface area contributed by atoms with Gasteiger partial charge in [0.15, 0.2) is 11.4 Å². The van der Waals surface area contributed by atoms with E-state index in [1.807, 2.05) is 12.1 Å². The molecule has 146 valence electrons. The van der Waals surface area contributed by atoms with Crippen molar-refractivity contribution >= 4 is 46.5 Å². The second kappa shape index (κ2) is 6.63. The normalized spacial score (nSPS) is 17.9. The van der Waals surface area contributed by atoms with Crippen LogP contribution in [0.2, 0.25) is 0 Å². The van der Waals surface area contributed by atoms with Crippen LogP contribution in [-0.4, -0.2) is 38.2 Å². The van der Waals surface area contributed by atoms with Crippen LogP contribution < -0.4 is 10.6 Å². The van der Waals surface area contributed by atoms with Crippen LogP contribution in [0.4, 0.5) is 5.82 Å². The largest absolute Gasteiger partial charge is 0.367 e. The number of imide groups is 1. The van der Waals surface area contributed by atoms with Gasteiger partial charge in [0.05, 0.1) is 28.1 Å². The molecular weight excluding hydrogens is 390 g/mol. The van der Waals surface area contributed by atoms with E-state index in [9.17, 15) is 14.4 Å². The second-order valence-electron chi connectivity index (χ2n) is 7.22. The van der Waals surface area contributed by atoms with E-state index in [4.69, 9.17) is 4.98 Å². The van der Waals surface area contributed by atoms with Gasteiger partial charge in [0.2, 0.25) is 5.91 Å². The minimum atomic E-state index is -0.383. The van der Waals surface area contributed by atoms with Crippen LogP contribution in [0.15, 0.2) is 30.0 Å². The van der Waals surface area contributed by atoms with Crippen LogP contribution >= 0.6 is 11.3 Å². The quantitative estimate of drug-likeness (QED) is 0.383. The lowest BCUT2D eigenvalue weighted by Gasteiger charge is -2.09. The Balaban J connectivity index is 1.64. The summed E-state index contributed by atoms with van der Waals surface area (Å²) >= 11 is 1.39. The molecule has 1 aliphatic carbocycles. The molecule has 0 unspecified atom stereocenters. The highest BCUT2D eigenvalue weighted by atomic mass is 32.1. The first-order chi connectivity index (χ1) is 14.0. The molecule has 8 nitrogen and oxygen atoms in total. The van der Waals surface area contributed by atoms with Gasteiger partial charge in [-0.05, 0) is 38.0 Å². The molecule has 4 heterocycles. The summed E-state index contributed by atoms with van der Waals surface area (Å²) in [5.41, 5.74) is 2.37. The van der Waals surface area contributed by atoms with Crippen molar-refractivity contribution in [3.63, 3.8) is 0 Å². The summed E-state index contributed by atoms with van der Waals surface area (Å²) in [4.78, 5) is 41.4. The Morgan fingerprint density at radius 1 is 1.34 bits per heavy atom. The van der Waals surface area contributed by atoms with Crippen molar-refractivity contribution in [2.45, 2.75) is 32.2 Å². The summed E-state index contributed by atoms with van der Waals surface area (Å²) in [6.45, 7) is 1.54. The number of nitrogens with zero attached hydrogens (tertiary/aromatic N) is 3. The van der Waals surface area contributed by atoms with Gasteiger partial charge in [-0.15, -0.1) is 11.3 Å². The van der Waals surface area contributed by atoms with Gasteiger partial charge in [0.25, 0.3) is 5.91 Å². The molecule has 5 rings (SSSR count). The minimum absolute atomic E-state index is 0.0188. The van der Waals surface area contributed by atoms with Crippen LogP contribution in [0.25, 0.3) is 22.3 Å². The maximum absolute atomic E-state index is 11.9. The molecule has 0 spiro atoms. The highest BCUT2D eigenvalue weighted by Crippen LogP contribution is 2.32. The number of rotatable bonds is 5. The third kappa shape index (κ3) is 3.33. The number of hydrogen-bond donors (Lipinski definition) is 2. The van der Waals surface area contributed by atoms with E-state index in [0.717, 1.165) is 29.2 Å². The monoisotopic (exact) mass is 407 g/mol. The van der Waals surface area contributed by atoms with Gasteiger partial charge in [-0.1, -0.05) is 0 Å². The van der Waals surface area contributed by atoms with Crippen LogP contribution in [0, 0.1) is 0 Å². The predicted octanol–water partition coefficient (Wildman–Crippen LogP) is 2.66. The average Bonchev–Trinajstić information content (AvgIpc) is 3.08. The fourth-order valence-corrected chi connectivity index (χ4v) is 4.08. The first-order valence-corrected chi connectivity index (χ1v) is 10.1. The number of thiophene rings is 1. The van der Waals surface area contributed by atoms with Gasteiger partial charge in [0.1, 0.15) is 5.82 Å². The number of hydrogen-bond acceptors (Lipinski definition) is 7. The van der Waals surface area contributed by atoms with E-state index in [0.29, 0.717) is 27.7 Å². The van der Waals surface area contributed by atoms with Gasteiger partial charge in [-0.2, -0.15) is 9.61 Å². The molecule has 1 aliphatic heterocycles. The molecule has 2 amide bonds. The highest BCUT2D eigenvalue weighted by molar-refractivity contribution is 7.17. The zero-order valence-corrected chi connectivity index (χ0v) is 16.4. The number of anilines is 1. The molecule has 0 aromatic carbocycles. The molecule has 1 saturated heterocycles. The number of carbonyl (C=O) groups is 3. The van der Waals surface area contributed by atoms with E-state index in [1.165, 1.54) is 11.3 Å². The van der Waals surface area contributed by atoms with E-state index < -0.39 is 0 Å². The van der Waals surface area contributed by atoms with Crippen molar-refractivity contribution < 1.29 is 14.4 Å². The van der Waals surface area contributed by atoms with Gasteiger partial charge in [0, 0.05) is 23.2 Å². The molecule has 3 aromatic rings. The molecule has 2 aliphatic rings. The van der Waals surface area contributed by atoms with Gasteiger partial charge in [-0.25, -0.2) is 4.98 Å². The topological polar surface area (TPSA) is 105 Å². The summed E-state index contributed by atoms with van der Waals surface area (Å²) in [6, 6.07) is 6.03. The number of amides is 2. The Hall–Kier alpha value is -3.33. The third-order valence-corrected chi connectivity index (χ3v) is 6.07. The lowest BCUT2D eigenvalue weighted by Crippen LogP contribution is -2.19. The van der Waals surface area contributed by atoms with Gasteiger partial charge >= 0.3 is 0 Å². The molecular formula is C20H17N5O3S. The van der Waals surface area contributed by atoms with Gasteiger partial charge < -0.3 is 5.32 Å². The lowest BCUT2D eigenvalue weighted by atomic mass is 10.1. The molecule has 0 bridgehead atoms. The zero-order chi connectivity index (χ0) is 20.1. The Morgan fingerprint density at radius 2 is 2.17 bits per heavy atom. The molecule has 0 atom stereocenters. The number of carbonyl (C=O) groups excluding carboxylic acids is 3. The highest BCUT2D eigenvalue weighted by Gasteiger charge is 2.26. The van der Waals surface area contributed by atoms with Crippen LogP contribution in [0.5, 0.6) is 0 Å². The van der Waals surface area contributed by atoms with Crippen LogP contribution in [0.1, 0.15) is 41.4 Å². The average molecular weight is 407 g/mol. The fraction of sp³-hybridized carbons (Fsp3) is 0.250. The predicted molar refractivity (Wildman–Crippen MR) is 109 cm³/mol. The Morgan fingerprint density at radius 3 is 2.83 bits per heavy atom. The number of fused-ring (bicyclic) bond motifs is 1. The summed E-state index contributed by atoms with van der Waals surface area (Å²) in [5.74, 6) is 0.135. The van der Waals surface area contributed by atoms with Crippen molar-refractivity contribution in [2.24, 2.45) is 0 Å². The van der Waals surface area contributed by atoms with Crippen molar-refractivity contribution in [1.82, 2.24) is 19.9 Å². The maximum atomic E-state index is 11.9. The second-order valence-corrected chi connectivity index (χ2v) is 8.31. The minimum Gasteiger partial charge on any atom is -0.367 e.